The topological polar surface area (TPSA) is 41.0 Å². The maximum absolute atomic E-state index is 4.48. The molecular formula is C17H22N4. The molecule has 1 fully saturated rings. The van der Waals surface area contributed by atoms with Gasteiger partial charge in [-0.1, -0.05) is 25.1 Å². The summed E-state index contributed by atoms with van der Waals surface area (Å²) in [7, 11) is 0. The molecular weight excluding hydrogens is 260 g/mol. The fourth-order valence-electron chi connectivity index (χ4n) is 2.97. The average molecular weight is 282 g/mol. The Labute approximate surface area is 126 Å². The number of nitrogens with one attached hydrogen (secondary N) is 1. The summed E-state index contributed by atoms with van der Waals surface area (Å²) in [5, 5.41) is 3.34. The Morgan fingerprint density at radius 3 is 2.86 bits per heavy atom. The van der Waals surface area contributed by atoms with E-state index in [0.717, 1.165) is 23.9 Å². The molecule has 0 amide bonds. The molecule has 1 aromatic heterocycles. The van der Waals surface area contributed by atoms with Crippen molar-refractivity contribution >= 4 is 17.3 Å². The van der Waals surface area contributed by atoms with Crippen LogP contribution in [0.4, 0.5) is 17.3 Å². The zero-order valence-electron chi connectivity index (χ0n) is 12.5. The number of piperidine rings is 1. The van der Waals surface area contributed by atoms with Crippen LogP contribution in [-0.4, -0.2) is 22.6 Å². The van der Waals surface area contributed by atoms with Crippen LogP contribution in [-0.2, 0) is 0 Å². The van der Waals surface area contributed by atoms with Gasteiger partial charge in [0.15, 0.2) is 0 Å². The molecule has 4 heteroatoms. The second-order valence-electron chi connectivity index (χ2n) is 5.50. The van der Waals surface area contributed by atoms with Crippen LogP contribution in [0, 0.1) is 0 Å². The number of aromatic nitrogens is 2. The average Bonchev–Trinajstić information content (AvgIpc) is 2.56. The highest BCUT2D eigenvalue weighted by Crippen LogP contribution is 2.26. The van der Waals surface area contributed by atoms with Crippen LogP contribution in [0.15, 0.2) is 42.7 Å². The van der Waals surface area contributed by atoms with Crippen molar-refractivity contribution in [2.45, 2.75) is 38.6 Å². The zero-order valence-corrected chi connectivity index (χ0v) is 12.5. The van der Waals surface area contributed by atoms with E-state index in [4.69, 9.17) is 0 Å². The molecule has 1 unspecified atom stereocenters. The summed E-state index contributed by atoms with van der Waals surface area (Å²) >= 11 is 0. The van der Waals surface area contributed by atoms with Crippen molar-refractivity contribution in [2.75, 3.05) is 16.8 Å². The molecule has 1 saturated heterocycles. The van der Waals surface area contributed by atoms with Gasteiger partial charge in [0.05, 0.1) is 0 Å². The van der Waals surface area contributed by atoms with Crippen LogP contribution in [0.3, 0.4) is 0 Å². The van der Waals surface area contributed by atoms with Crippen molar-refractivity contribution < 1.29 is 0 Å². The first-order valence-corrected chi connectivity index (χ1v) is 7.77. The molecule has 1 aromatic carbocycles. The Hall–Kier alpha value is -2.10. The molecule has 1 N–H and O–H groups in total. The molecule has 2 aromatic rings. The molecule has 1 atom stereocenters. The monoisotopic (exact) mass is 282 g/mol. The molecule has 4 nitrogen and oxygen atoms in total. The smallest absolute Gasteiger partial charge is 0.135 e. The van der Waals surface area contributed by atoms with E-state index in [1.165, 1.54) is 25.7 Å². The fourth-order valence-corrected chi connectivity index (χ4v) is 2.97. The predicted molar refractivity (Wildman–Crippen MR) is 87.0 cm³/mol. The molecule has 0 spiro atoms. The van der Waals surface area contributed by atoms with E-state index in [9.17, 15) is 0 Å². The van der Waals surface area contributed by atoms with E-state index in [0.29, 0.717) is 6.04 Å². The first-order valence-electron chi connectivity index (χ1n) is 7.77. The van der Waals surface area contributed by atoms with Gasteiger partial charge in [-0.25, -0.2) is 9.97 Å². The van der Waals surface area contributed by atoms with E-state index >= 15 is 0 Å². The molecule has 0 aliphatic carbocycles. The van der Waals surface area contributed by atoms with E-state index in [-0.39, 0.29) is 0 Å². The van der Waals surface area contributed by atoms with Crippen LogP contribution < -0.4 is 10.2 Å². The third-order valence-corrected chi connectivity index (χ3v) is 4.09. The first kappa shape index (κ1) is 13.9. The van der Waals surface area contributed by atoms with Crippen molar-refractivity contribution in [3.8, 4) is 0 Å². The molecule has 110 valence electrons. The SMILES string of the molecule is CCC1CCCCN1c1cc(Nc2ccccc2)ncn1. The van der Waals surface area contributed by atoms with Crippen LogP contribution in [0.2, 0.25) is 0 Å². The van der Waals surface area contributed by atoms with Gasteiger partial charge in [-0.3, -0.25) is 0 Å². The lowest BCUT2D eigenvalue weighted by Gasteiger charge is -2.36. The summed E-state index contributed by atoms with van der Waals surface area (Å²) in [6.45, 7) is 3.35. The summed E-state index contributed by atoms with van der Waals surface area (Å²) < 4.78 is 0. The maximum Gasteiger partial charge on any atom is 0.135 e. The fraction of sp³-hybridized carbons (Fsp3) is 0.412. The summed E-state index contributed by atoms with van der Waals surface area (Å²) in [6.07, 6.45) is 6.67. The van der Waals surface area contributed by atoms with Crippen molar-refractivity contribution in [3.63, 3.8) is 0 Å². The molecule has 21 heavy (non-hydrogen) atoms. The van der Waals surface area contributed by atoms with Gasteiger partial charge in [0.25, 0.3) is 0 Å². The minimum absolute atomic E-state index is 0.609. The Balaban J connectivity index is 1.79. The van der Waals surface area contributed by atoms with E-state index in [2.05, 4.69) is 33.2 Å². The maximum atomic E-state index is 4.48. The standard InChI is InChI=1S/C17H22N4/c1-2-15-10-6-7-11-21(15)17-12-16(18-13-19-17)20-14-8-4-3-5-9-14/h3-5,8-9,12-13,15H,2,6-7,10-11H2,1H3,(H,18,19,20). The quantitative estimate of drug-likeness (QED) is 0.920. The third-order valence-electron chi connectivity index (χ3n) is 4.09. The summed E-state index contributed by atoms with van der Waals surface area (Å²) in [5.41, 5.74) is 1.05. The minimum Gasteiger partial charge on any atom is -0.353 e. The number of nitrogens with zero attached hydrogens (tertiary/aromatic N) is 3. The van der Waals surface area contributed by atoms with Crippen LogP contribution >= 0.6 is 0 Å². The van der Waals surface area contributed by atoms with Gasteiger partial charge >= 0.3 is 0 Å². The van der Waals surface area contributed by atoms with Gasteiger partial charge in [0.1, 0.15) is 18.0 Å². The highest BCUT2D eigenvalue weighted by atomic mass is 15.2. The summed E-state index contributed by atoms with van der Waals surface area (Å²) in [4.78, 5) is 11.2. The summed E-state index contributed by atoms with van der Waals surface area (Å²) in [6, 6.07) is 12.8. The Morgan fingerprint density at radius 1 is 1.19 bits per heavy atom. The van der Waals surface area contributed by atoms with Gasteiger partial charge in [0.2, 0.25) is 0 Å². The number of benzene rings is 1. The van der Waals surface area contributed by atoms with Crippen LogP contribution in [0.5, 0.6) is 0 Å². The molecule has 0 bridgehead atoms. The van der Waals surface area contributed by atoms with Crippen LogP contribution in [0.25, 0.3) is 0 Å². The molecule has 3 rings (SSSR count). The van der Waals surface area contributed by atoms with Crippen molar-refractivity contribution in [3.05, 3.63) is 42.7 Å². The van der Waals surface area contributed by atoms with Crippen molar-refractivity contribution in [2.24, 2.45) is 0 Å². The normalized spacial score (nSPS) is 18.5. The van der Waals surface area contributed by atoms with E-state index in [1.807, 2.05) is 30.3 Å². The van der Waals surface area contributed by atoms with Crippen molar-refractivity contribution in [1.82, 2.24) is 9.97 Å². The number of hydrogen-bond donors (Lipinski definition) is 1. The van der Waals surface area contributed by atoms with E-state index in [1.54, 1.807) is 6.33 Å². The molecule has 1 aliphatic rings. The Morgan fingerprint density at radius 2 is 2.05 bits per heavy atom. The first-order chi connectivity index (χ1) is 10.4. The van der Waals surface area contributed by atoms with Gasteiger partial charge in [-0.15, -0.1) is 0 Å². The van der Waals surface area contributed by atoms with Gasteiger partial charge < -0.3 is 10.2 Å². The zero-order chi connectivity index (χ0) is 14.5. The van der Waals surface area contributed by atoms with E-state index < -0.39 is 0 Å². The highest BCUT2D eigenvalue weighted by Gasteiger charge is 2.22. The van der Waals surface area contributed by atoms with Gasteiger partial charge in [0, 0.05) is 24.3 Å². The molecule has 0 radical (unpaired) electrons. The number of anilines is 3. The minimum atomic E-state index is 0.609. The Bertz CT molecular complexity index is 570. The number of hydrogen-bond acceptors (Lipinski definition) is 4. The summed E-state index contributed by atoms with van der Waals surface area (Å²) in [5.74, 6) is 1.89. The second-order valence-corrected chi connectivity index (χ2v) is 5.50. The number of rotatable bonds is 4. The molecule has 1 aliphatic heterocycles. The number of para-hydroxylation sites is 1. The van der Waals surface area contributed by atoms with Gasteiger partial charge in [-0.05, 0) is 37.8 Å². The highest BCUT2D eigenvalue weighted by molar-refractivity contribution is 5.59. The molecule has 0 saturated carbocycles. The lowest BCUT2D eigenvalue weighted by molar-refractivity contribution is 0.446. The lowest BCUT2D eigenvalue weighted by atomic mass is 10.0. The largest absolute Gasteiger partial charge is 0.353 e. The Kier molecular flexibility index (Phi) is 4.34. The lowest BCUT2D eigenvalue weighted by Crippen LogP contribution is -2.39. The second kappa shape index (κ2) is 6.57. The van der Waals surface area contributed by atoms with Crippen LogP contribution in [0.1, 0.15) is 32.6 Å². The third kappa shape index (κ3) is 3.32. The predicted octanol–water partition coefficient (Wildman–Crippen LogP) is 3.99. The van der Waals surface area contributed by atoms with Gasteiger partial charge in [-0.2, -0.15) is 0 Å². The van der Waals surface area contributed by atoms with Crippen molar-refractivity contribution in [1.29, 1.82) is 0 Å². The molecule has 2 heterocycles.